The number of hydrogen-bond acceptors (Lipinski definition) is 3. The molecule has 1 fully saturated rings. The van der Waals surface area contributed by atoms with Crippen molar-refractivity contribution in [2.75, 3.05) is 24.5 Å². The van der Waals surface area contributed by atoms with Crippen molar-refractivity contribution in [3.05, 3.63) is 29.3 Å². The minimum absolute atomic E-state index is 0.0282. The molecule has 1 aliphatic rings. The van der Waals surface area contributed by atoms with Crippen LogP contribution >= 0.6 is 0 Å². The molecule has 0 saturated carbocycles. The van der Waals surface area contributed by atoms with Gasteiger partial charge >= 0.3 is 6.18 Å². The maximum Gasteiger partial charge on any atom is 0.418 e. The molecule has 1 amide bonds. The highest BCUT2D eigenvalue weighted by Crippen LogP contribution is 2.37. The number of halogens is 3. The van der Waals surface area contributed by atoms with E-state index in [0.29, 0.717) is 13.1 Å². The summed E-state index contributed by atoms with van der Waals surface area (Å²) >= 11 is 0. The average molecular weight is 274 g/mol. The molecule has 1 aliphatic heterocycles. The maximum atomic E-state index is 13.0. The Kier molecular flexibility index (Phi) is 3.66. The van der Waals surface area contributed by atoms with Crippen LogP contribution in [0.25, 0.3) is 0 Å². The van der Waals surface area contributed by atoms with E-state index >= 15 is 0 Å². The Morgan fingerprint density at radius 3 is 2.68 bits per heavy atom. The zero-order valence-corrected chi connectivity index (χ0v) is 10.00. The zero-order chi connectivity index (χ0) is 14.0. The summed E-state index contributed by atoms with van der Waals surface area (Å²) in [5, 5.41) is 11.5. The second-order valence-corrected chi connectivity index (χ2v) is 4.28. The van der Waals surface area contributed by atoms with Crippen LogP contribution in [0.2, 0.25) is 0 Å². The first kappa shape index (κ1) is 13.7. The molecule has 7 heteroatoms. The largest absolute Gasteiger partial charge is 0.418 e. The third-order valence-electron chi connectivity index (χ3n) is 2.93. The lowest BCUT2D eigenvalue weighted by Gasteiger charge is -2.31. The summed E-state index contributed by atoms with van der Waals surface area (Å²) < 4.78 is 39.0. The van der Waals surface area contributed by atoms with Crippen molar-refractivity contribution in [1.29, 1.82) is 0 Å². The summed E-state index contributed by atoms with van der Waals surface area (Å²) in [6, 6.07) is 3.64. The fourth-order valence-corrected chi connectivity index (χ4v) is 2.03. The van der Waals surface area contributed by atoms with Gasteiger partial charge in [-0.2, -0.15) is 13.2 Å². The van der Waals surface area contributed by atoms with Crippen LogP contribution in [-0.2, 0) is 17.6 Å². The number of benzene rings is 1. The molecule has 0 radical (unpaired) electrons. The number of hydrogen-bond donors (Lipinski definition) is 2. The van der Waals surface area contributed by atoms with Gasteiger partial charge in [-0.15, -0.1) is 0 Å². The number of piperazine rings is 1. The van der Waals surface area contributed by atoms with Crippen LogP contribution in [0.5, 0.6) is 0 Å². The zero-order valence-electron chi connectivity index (χ0n) is 10.00. The van der Waals surface area contributed by atoms with Crippen molar-refractivity contribution in [3.8, 4) is 0 Å². The van der Waals surface area contributed by atoms with Crippen LogP contribution in [0.4, 0.5) is 18.9 Å². The molecule has 2 N–H and O–H groups in total. The average Bonchev–Trinajstić information content (AvgIpc) is 2.37. The molecule has 0 unspecified atom stereocenters. The molecule has 0 atom stereocenters. The minimum Gasteiger partial charge on any atom is -0.392 e. The standard InChI is InChI=1S/C12H13F3N2O2/c13-12(14,15)9-5-8(7-18)1-2-10(9)17-4-3-16-11(19)6-17/h1-2,5,18H,3-4,6-7H2,(H,16,19). The van der Waals surface area contributed by atoms with Crippen LogP contribution in [0, 0.1) is 0 Å². The van der Waals surface area contributed by atoms with Gasteiger partial charge in [0.25, 0.3) is 0 Å². The predicted octanol–water partition coefficient (Wildman–Crippen LogP) is 1.13. The first-order valence-corrected chi connectivity index (χ1v) is 5.74. The van der Waals surface area contributed by atoms with Gasteiger partial charge in [0.2, 0.25) is 5.91 Å². The summed E-state index contributed by atoms with van der Waals surface area (Å²) in [5.74, 6) is -0.300. The number of aliphatic hydroxyl groups is 1. The van der Waals surface area contributed by atoms with Crippen LogP contribution in [-0.4, -0.2) is 30.6 Å². The fraction of sp³-hybridized carbons (Fsp3) is 0.417. The lowest BCUT2D eigenvalue weighted by Crippen LogP contribution is -2.48. The highest BCUT2D eigenvalue weighted by atomic mass is 19.4. The summed E-state index contributed by atoms with van der Waals surface area (Å²) in [5.41, 5.74) is -0.661. The van der Waals surface area contributed by atoms with Gasteiger partial charge in [0.05, 0.1) is 18.7 Å². The number of aliphatic hydroxyl groups excluding tert-OH is 1. The lowest BCUT2D eigenvalue weighted by molar-refractivity contribution is -0.137. The second-order valence-electron chi connectivity index (χ2n) is 4.28. The Labute approximate surface area is 107 Å². The Morgan fingerprint density at radius 2 is 2.11 bits per heavy atom. The maximum absolute atomic E-state index is 13.0. The molecule has 1 heterocycles. The molecule has 0 bridgehead atoms. The van der Waals surface area contributed by atoms with E-state index in [0.717, 1.165) is 6.07 Å². The number of carbonyl (C=O) groups is 1. The van der Waals surface area contributed by atoms with Gasteiger partial charge in [-0.05, 0) is 17.7 Å². The number of nitrogens with one attached hydrogen (secondary N) is 1. The Bertz CT molecular complexity index is 488. The summed E-state index contributed by atoms with van der Waals surface area (Å²) in [4.78, 5) is 12.6. The van der Waals surface area contributed by atoms with E-state index in [1.165, 1.54) is 17.0 Å². The quantitative estimate of drug-likeness (QED) is 0.850. The highest BCUT2D eigenvalue weighted by Gasteiger charge is 2.35. The normalized spacial score (nSPS) is 16.4. The number of carbonyl (C=O) groups excluding carboxylic acids is 1. The van der Waals surface area contributed by atoms with E-state index in [1.807, 2.05) is 0 Å². The van der Waals surface area contributed by atoms with Gasteiger partial charge in [0, 0.05) is 18.8 Å². The molecule has 1 aromatic carbocycles. The van der Waals surface area contributed by atoms with Crippen molar-refractivity contribution in [2.45, 2.75) is 12.8 Å². The molecule has 2 rings (SSSR count). The number of anilines is 1. The number of nitrogens with zero attached hydrogens (tertiary/aromatic N) is 1. The smallest absolute Gasteiger partial charge is 0.392 e. The van der Waals surface area contributed by atoms with Crippen LogP contribution < -0.4 is 10.2 Å². The number of alkyl halides is 3. The monoisotopic (exact) mass is 274 g/mol. The molecule has 104 valence electrons. The molecule has 4 nitrogen and oxygen atoms in total. The second kappa shape index (κ2) is 5.08. The van der Waals surface area contributed by atoms with Gasteiger partial charge in [0.1, 0.15) is 0 Å². The Hall–Kier alpha value is -1.76. The van der Waals surface area contributed by atoms with Crippen molar-refractivity contribution < 1.29 is 23.1 Å². The van der Waals surface area contributed by atoms with E-state index in [-0.39, 0.29) is 23.7 Å². The molecule has 0 spiro atoms. The molecule has 1 aromatic rings. The molecular weight excluding hydrogens is 261 g/mol. The summed E-state index contributed by atoms with van der Waals surface area (Å²) in [6.45, 7) is 0.0938. The van der Waals surface area contributed by atoms with Crippen molar-refractivity contribution in [1.82, 2.24) is 5.32 Å². The SMILES string of the molecule is O=C1CN(c2ccc(CO)cc2C(F)(F)F)CCN1. The molecule has 0 aromatic heterocycles. The van der Waals surface area contributed by atoms with Crippen molar-refractivity contribution in [2.24, 2.45) is 0 Å². The lowest BCUT2D eigenvalue weighted by atomic mass is 10.1. The molecule has 0 aliphatic carbocycles. The van der Waals surface area contributed by atoms with Crippen LogP contribution in [0.1, 0.15) is 11.1 Å². The van der Waals surface area contributed by atoms with E-state index in [2.05, 4.69) is 5.32 Å². The van der Waals surface area contributed by atoms with Gasteiger partial charge < -0.3 is 15.3 Å². The first-order chi connectivity index (χ1) is 8.91. The molecular formula is C12H13F3N2O2. The first-order valence-electron chi connectivity index (χ1n) is 5.74. The van der Waals surface area contributed by atoms with E-state index in [4.69, 9.17) is 5.11 Å². The topological polar surface area (TPSA) is 52.6 Å². The predicted molar refractivity (Wildman–Crippen MR) is 62.6 cm³/mol. The number of rotatable bonds is 2. The summed E-state index contributed by atoms with van der Waals surface area (Å²) in [7, 11) is 0. The molecule has 19 heavy (non-hydrogen) atoms. The van der Waals surface area contributed by atoms with Gasteiger partial charge in [-0.1, -0.05) is 6.07 Å². The highest BCUT2D eigenvalue weighted by molar-refractivity contribution is 5.83. The van der Waals surface area contributed by atoms with Gasteiger partial charge in [-0.25, -0.2) is 0 Å². The Balaban J connectivity index is 2.41. The van der Waals surface area contributed by atoms with Crippen molar-refractivity contribution in [3.63, 3.8) is 0 Å². The van der Waals surface area contributed by atoms with E-state index in [1.54, 1.807) is 0 Å². The molecule has 1 saturated heterocycles. The van der Waals surface area contributed by atoms with Crippen LogP contribution in [0.3, 0.4) is 0 Å². The van der Waals surface area contributed by atoms with E-state index < -0.39 is 18.3 Å². The Morgan fingerprint density at radius 1 is 1.37 bits per heavy atom. The van der Waals surface area contributed by atoms with Gasteiger partial charge in [-0.3, -0.25) is 4.79 Å². The van der Waals surface area contributed by atoms with Crippen molar-refractivity contribution >= 4 is 11.6 Å². The summed E-state index contributed by atoms with van der Waals surface area (Å²) in [6.07, 6.45) is -4.52. The van der Waals surface area contributed by atoms with E-state index in [9.17, 15) is 18.0 Å². The van der Waals surface area contributed by atoms with Gasteiger partial charge in [0.15, 0.2) is 0 Å². The number of amides is 1. The fourth-order valence-electron chi connectivity index (χ4n) is 2.03. The third-order valence-corrected chi connectivity index (χ3v) is 2.93. The third kappa shape index (κ3) is 2.98. The van der Waals surface area contributed by atoms with Crippen LogP contribution in [0.15, 0.2) is 18.2 Å². The minimum atomic E-state index is -4.52.